The summed E-state index contributed by atoms with van der Waals surface area (Å²) < 4.78 is 15.3. The van der Waals surface area contributed by atoms with Gasteiger partial charge in [0.2, 0.25) is 11.9 Å². The lowest BCUT2D eigenvalue weighted by Gasteiger charge is -2.23. The molecule has 0 unspecified atom stereocenters. The van der Waals surface area contributed by atoms with Crippen LogP contribution in [0.15, 0.2) is 31.0 Å². The van der Waals surface area contributed by atoms with Gasteiger partial charge in [-0.15, -0.1) is 0 Å². The predicted molar refractivity (Wildman–Crippen MR) is 106 cm³/mol. The minimum absolute atomic E-state index is 0.161. The van der Waals surface area contributed by atoms with Gasteiger partial charge in [-0.2, -0.15) is 14.6 Å². The normalized spacial score (nSPS) is 16.0. The number of aromatic amines is 1. The van der Waals surface area contributed by atoms with Gasteiger partial charge in [-0.1, -0.05) is 13.8 Å². The van der Waals surface area contributed by atoms with Crippen LogP contribution in [0.3, 0.4) is 0 Å². The van der Waals surface area contributed by atoms with E-state index in [4.69, 9.17) is 0 Å². The molecule has 10 nitrogen and oxygen atoms in total. The molecular formula is C19H18FN9O. The zero-order valence-corrected chi connectivity index (χ0v) is 16.2. The number of anilines is 2. The van der Waals surface area contributed by atoms with E-state index >= 15 is 0 Å². The number of imidazole rings is 1. The highest BCUT2D eigenvalue weighted by Crippen LogP contribution is 2.26. The molecule has 1 aliphatic heterocycles. The summed E-state index contributed by atoms with van der Waals surface area (Å²) >= 11 is 0. The van der Waals surface area contributed by atoms with Crippen molar-refractivity contribution in [2.45, 2.75) is 32.2 Å². The zero-order chi connectivity index (χ0) is 20.8. The SMILES string of the molecule is CC(C)c1cnn2c(N[C@@H]3Cc4[nH]cnc4NC3=O)nc(-c3cncc(F)c3)nc12. The maximum atomic E-state index is 13.7. The Morgan fingerprint density at radius 3 is 2.93 bits per heavy atom. The lowest BCUT2D eigenvalue weighted by molar-refractivity contribution is -0.117. The highest BCUT2D eigenvalue weighted by molar-refractivity contribution is 5.98. The largest absolute Gasteiger partial charge is 0.347 e. The number of carbonyl (C=O) groups is 1. The van der Waals surface area contributed by atoms with Crippen molar-refractivity contribution in [1.82, 2.24) is 34.5 Å². The van der Waals surface area contributed by atoms with E-state index < -0.39 is 11.9 Å². The van der Waals surface area contributed by atoms with Gasteiger partial charge in [0, 0.05) is 23.7 Å². The Morgan fingerprint density at radius 1 is 1.27 bits per heavy atom. The molecule has 0 saturated heterocycles. The van der Waals surface area contributed by atoms with Crippen LogP contribution >= 0.6 is 0 Å². The number of halogens is 1. The maximum Gasteiger partial charge on any atom is 0.248 e. The van der Waals surface area contributed by atoms with Crippen LogP contribution in [-0.4, -0.2) is 46.5 Å². The first-order valence-electron chi connectivity index (χ1n) is 9.46. The summed E-state index contributed by atoms with van der Waals surface area (Å²) in [4.78, 5) is 32.7. The molecule has 1 aliphatic rings. The van der Waals surface area contributed by atoms with Gasteiger partial charge in [-0.3, -0.25) is 9.78 Å². The second kappa shape index (κ2) is 6.87. The molecule has 0 aromatic carbocycles. The third-order valence-corrected chi connectivity index (χ3v) is 4.97. The van der Waals surface area contributed by atoms with Crippen molar-refractivity contribution in [2.75, 3.05) is 10.6 Å². The Bertz CT molecular complexity index is 1260. The molecule has 0 bridgehead atoms. The Labute approximate surface area is 170 Å². The lowest BCUT2D eigenvalue weighted by Crippen LogP contribution is -2.41. The van der Waals surface area contributed by atoms with Crippen LogP contribution in [0.5, 0.6) is 0 Å². The molecule has 1 atom stereocenters. The first-order valence-corrected chi connectivity index (χ1v) is 9.46. The molecule has 0 radical (unpaired) electrons. The molecule has 152 valence electrons. The number of amides is 1. The van der Waals surface area contributed by atoms with Gasteiger partial charge in [0.1, 0.15) is 11.9 Å². The summed E-state index contributed by atoms with van der Waals surface area (Å²) in [6.45, 7) is 4.06. The molecule has 5 rings (SSSR count). The van der Waals surface area contributed by atoms with Crippen molar-refractivity contribution in [3.05, 3.63) is 48.1 Å². The van der Waals surface area contributed by atoms with E-state index in [1.165, 1.54) is 18.6 Å². The highest BCUT2D eigenvalue weighted by Gasteiger charge is 2.29. The summed E-state index contributed by atoms with van der Waals surface area (Å²) in [6.07, 6.45) is 6.28. The Kier molecular flexibility index (Phi) is 4.16. The third-order valence-electron chi connectivity index (χ3n) is 4.97. The first-order chi connectivity index (χ1) is 14.5. The summed E-state index contributed by atoms with van der Waals surface area (Å²) in [5.74, 6) is 0.591. The molecule has 4 aromatic heterocycles. The summed E-state index contributed by atoms with van der Waals surface area (Å²) in [7, 11) is 0. The van der Waals surface area contributed by atoms with Crippen LogP contribution in [0, 0.1) is 5.82 Å². The number of fused-ring (bicyclic) bond motifs is 2. The molecule has 30 heavy (non-hydrogen) atoms. The number of H-pyrrole nitrogens is 1. The van der Waals surface area contributed by atoms with Crippen molar-refractivity contribution < 1.29 is 9.18 Å². The molecule has 3 N–H and O–H groups in total. The van der Waals surface area contributed by atoms with Gasteiger partial charge in [-0.25, -0.2) is 14.4 Å². The van der Waals surface area contributed by atoms with Crippen LogP contribution in [0.25, 0.3) is 17.0 Å². The second-order valence-electron chi connectivity index (χ2n) is 7.37. The quantitative estimate of drug-likeness (QED) is 0.473. The predicted octanol–water partition coefficient (Wildman–Crippen LogP) is 2.15. The molecule has 0 saturated carbocycles. The monoisotopic (exact) mass is 407 g/mol. The van der Waals surface area contributed by atoms with E-state index in [9.17, 15) is 9.18 Å². The van der Waals surface area contributed by atoms with Gasteiger partial charge in [0.25, 0.3) is 0 Å². The number of pyridine rings is 1. The average Bonchev–Trinajstić information content (AvgIpc) is 3.34. The number of hydrogen-bond donors (Lipinski definition) is 3. The van der Waals surface area contributed by atoms with Crippen LogP contribution < -0.4 is 10.6 Å². The molecule has 0 fully saturated rings. The van der Waals surface area contributed by atoms with Crippen LogP contribution in [0.4, 0.5) is 16.2 Å². The summed E-state index contributed by atoms with van der Waals surface area (Å²) in [5.41, 5.74) is 2.74. The second-order valence-corrected chi connectivity index (χ2v) is 7.37. The number of aromatic nitrogens is 7. The van der Waals surface area contributed by atoms with Crippen molar-refractivity contribution in [1.29, 1.82) is 0 Å². The number of nitrogens with zero attached hydrogens (tertiary/aromatic N) is 6. The molecule has 0 aliphatic carbocycles. The van der Waals surface area contributed by atoms with E-state index in [0.717, 1.165) is 17.5 Å². The van der Waals surface area contributed by atoms with Crippen LogP contribution in [0.1, 0.15) is 31.0 Å². The van der Waals surface area contributed by atoms with E-state index in [2.05, 4.69) is 40.7 Å². The smallest absolute Gasteiger partial charge is 0.248 e. The standard InChI is InChI=1S/C19H18FN9O/c1-9(2)12-7-24-29-17(12)26-15(10-3-11(20)6-21-5-10)28-19(29)25-14-4-13-16(23-8-22-13)27-18(14)30/h3,5-9,14H,4H2,1-2H3,(H,22,23)(H,27,30)(H,25,26,28)/t14-/m1/s1. The van der Waals surface area contributed by atoms with E-state index in [1.807, 2.05) is 13.8 Å². The molecule has 0 spiro atoms. The lowest BCUT2D eigenvalue weighted by atomic mass is 10.1. The number of carbonyl (C=O) groups excluding carboxylic acids is 1. The van der Waals surface area contributed by atoms with Crippen molar-refractivity contribution in [3.8, 4) is 11.4 Å². The fourth-order valence-corrected chi connectivity index (χ4v) is 3.42. The van der Waals surface area contributed by atoms with Crippen LogP contribution in [0.2, 0.25) is 0 Å². The van der Waals surface area contributed by atoms with E-state index in [-0.39, 0.29) is 17.6 Å². The van der Waals surface area contributed by atoms with Crippen LogP contribution in [-0.2, 0) is 11.2 Å². The minimum atomic E-state index is -0.596. The Morgan fingerprint density at radius 2 is 2.13 bits per heavy atom. The fourth-order valence-electron chi connectivity index (χ4n) is 3.42. The van der Waals surface area contributed by atoms with Gasteiger partial charge in [0.05, 0.1) is 24.4 Å². The Balaban J connectivity index is 1.61. The topological polar surface area (TPSA) is 126 Å². The highest BCUT2D eigenvalue weighted by atomic mass is 19.1. The van der Waals surface area contributed by atoms with E-state index in [0.29, 0.717) is 29.4 Å². The van der Waals surface area contributed by atoms with Gasteiger partial charge < -0.3 is 15.6 Å². The van der Waals surface area contributed by atoms with Gasteiger partial charge >= 0.3 is 0 Å². The number of hydrogen-bond acceptors (Lipinski definition) is 7. The molecule has 5 heterocycles. The molecule has 4 aromatic rings. The van der Waals surface area contributed by atoms with Crippen molar-refractivity contribution in [3.63, 3.8) is 0 Å². The maximum absolute atomic E-state index is 13.7. The molecule has 11 heteroatoms. The van der Waals surface area contributed by atoms with Crippen molar-refractivity contribution >= 4 is 23.3 Å². The van der Waals surface area contributed by atoms with E-state index in [1.54, 1.807) is 10.7 Å². The van der Waals surface area contributed by atoms with Gasteiger partial charge in [-0.05, 0) is 12.0 Å². The minimum Gasteiger partial charge on any atom is -0.347 e. The van der Waals surface area contributed by atoms with Gasteiger partial charge in [0.15, 0.2) is 17.3 Å². The summed E-state index contributed by atoms with van der Waals surface area (Å²) in [5, 5.41) is 10.3. The molecule has 1 amide bonds. The fraction of sp³-hybridized carbons (Fsp3) is 0.263. The average molecular weight is 407 g/mol. The summed E-state index contributed by atoms with van der Waals surface area (Å²) in [6, 6.07) is 0.722. The molecular weight excluding hydrogens is 389 g/mol. The van der Waals surface area contributed by atoms with Crippen molar-refractivity contribution in [2.24, 2.45) is 0 Å². The zero-order valence-electron chi connectivity index (χ0n) is 16.2. The Hall–Kier alpha value is -3.89. The number of rotatable bonds is 4. The first kappa shape index (κ1) is 18.2. The third kappa shape index (κ3) is 3.04. The number of nitrogens with one attached hydrogen (secondary N) is 3.